The van der Waals surface area contributed by atoms with Crippen LogP contribution >= 0.6 is 0 Å². The Kier molecular flexibility index (Phi) is 2.59. The van der Waals surface area contributed by atoms with Crippen molar-refractivity contribution in [3.8, 4) is 0 Å². The number of hydrogen-bond donors (Lipinski definition) is 1. The van der Waals surface area contributed by atoms with E-state index < -0.39 is 11.6 Å². The van der Waals surface area contributed by atoms with Gasteiger partial charge in [0.2, 0.25) is 0 Å². The smallest absolute Gasteiger partial charge is 0.254 e. The van der Waals surface area contributed by atoms with Crippen LogP contribution in [0.2, 0.25) is 0 Å². The van der Waals surface area contributed by atoms with Crippen LogP contribution in [-0.4, -0.2) is 37.0 Å². The van der Waals surface area contributed by atoms with Gasteiger partial charge in [-0.1, -0.05) is 0 Å². The molecule has 18 heavy (non-hydrogen) atoms. The van der Waals surface area contributed by atoms with Crippen LogP contribution in [0.1, 0.15) is 16.8 Å². The van der Waals surface area contributed by atoms with Crippen molar-refractivity contribution in [1.29, 1.82) is 0 Å². The van der Waals surface area contributed by atoms with Crippen molar-refractivity contribution in [2.24, 2.45) is 5.41 Å². The fraction of sp³-hybridized carbons (Fsp3) is 0.462. The van der Waals surface area contributed by atoms with E-state index >= 15 is 0 Å². The number of likely N-dealkylation sites (tertiary alicyclic amines) is 1. The van der Waals surface area contributed by atoms with Gasteiger partial charge in [0.25, 0.3) is 5.91 Å². The van der Waals surface area contributed by atoms with Gasteiger partial charge in [0.1, 0.15) is 0 Å². The summed E-state index contributed by atoms with van der Waals surface area (Å²) < 4.78 is 25.9. The second-order valence-corrected chi connectivity index (χ2v) is 5.22. The average Bonchev–Trinajstić information content (AvgIpc) is 2.79. The Hall–Kier alpha value is -1.49. The van der Waals surface area contributed by atoms with Crippen LogP contribution in [0, 0.1) is 17.0 Å². The molecule has 0 radical (unpaired) electrons. The predicted molar refractivity (Wildman–Crippen MR) is 62.2 cm³/mol. The van der Waals surface area contributed by atoms with Crippen LogP contribution in [0.25, 0.3) is 0 Å². The van der Waals surface area contributed by atoms with E-state index in [0.29, 0.717) is 13.1 Å². The van der Waals surface area contributed by atoms with Crippen molar-refractivity contribution >= 4 is 5.91 Å². The minimum Gasteiger partial charge on any atom is -0.337 e. The molecular weight excluding hydrogens is 238 g/mol. The molecule has 3 nitrogen and oxygen atoms in total. The lowest BCUT2D eigenvalue weighted by atomic mass is 9.79. The number of amides is 1. The Morgan fingerprint density at radius 1 is 1.28 bits per heavy atom. The van der Waals surface area contributed by atoms with Crippen molar-refractivity contribution in [3.63, 3.8) is 0 Å². The molecule has 1 N–H and O–H groups in total. The van der Waals surface area contributed by atoms with E-state index in [1.54, 1.807) is 4.90 Å². The van der Waals surface area contributed by atoms with Crippen LogP contribution in [0.5, 0.6) is 0 Å². The van der Waals surface area contributed by atoms with E-state index in [4.69, 9.17) is 0 Å². The number of carbonyl (C=O) groups is 1. The normalized spacial score (nSPS) is 21.1. The van der Waals surface area contributed by atoms with Gasteiger partial charge in [-0.05, 0) is 31.2 Å². The zero-order valence-corrected chi connectivity index (χ0v) is 9.88. The monoisotopic (exact) mass is 252 g/mol. The van der Waals surface area contributed by atoms with E-state index in [1.165, 1.54) is 6.07 Å². The number of carbonyl (C=O) groups excluding carboxylic acids is 1. The van der Waals surface area contributed by atoms with Crippen molar-refractivity contribution in [2.75, 3.05) is 26.2 Å². The highest BCUT2D eigenvalue weighted by atomic mass is 19.2. The molecule has 0 aliphatic carbocycles. The van der Waals surface area contributed by atoms with Gasteiger partial charge >= 0.3 is 0 Å². The van der Waals surface area contributed by atoms with E-state index in [2.05, 4.69) is 5.32 Å². The molecule has 2 heterocycles. The highest BCUT2D eigenvalue weighted by Gasteiger charge is 2.46. The van der Waals surface area contributed by atoms with Gasteiger partial charge in [0.05, 0.1) is 0 Å². The van der Waals surface area contributed by atoms with Crippen molar-refractivity contribution < 1.29 is 13.6 Å². The molecule has 0 saturated carbocycles. The summed E-state index contributed by atoms with van der Waals surface area (Å²) in [6, 6.07) is 3.30. The van der Waals surface area contributed by atoms with Crippen LogP contribution in [0.3, 0.4) is 0 Å². The van der Waals surface area contributed by atoms with Gasteiger partial charge < -0.3 is 10.2 Å². The molecule has 5 heteroatoms. The molecule has 0 aromatic heterocycles. The molecule has 2 saturated heterocycles. The van der Waals surface area contributed by atoms with E-state index in [1.807, 2.05) is 0 Å². The number of nitrogens with one attached hydrogen (secondary N) is 1. The van der Waals surface area contributed by atoms with E-state index in [-0.39, 0.29) is 16.9 Å². The largest absolute Gasteiger partial charge is 0.337 e. The first-order valence-corrected chi connectivity index (χ1v) is 6.05. The summed E-state index contributed by atoms with van der Waals surface area (Å²) in [6.45, 7) is 3.34. The SMILES string of the molecule is O=C(c1ccc(F)c(F)c1)N1CC2(CCNC2)C1. The third-order valence-corrected chi connectivity index (χ3v) is 3.84. The summed E-state index contributed by atoms with van der Waals surface area (Å²) >= 11 is 0. The van der Waals surface area contributed by atoms with Gasteiger partial charge in [0, 0.05) is 30.6 Å². The Bertz CT molecular complexity index is 490. The quantitative estimate of drug-likeness (QED) is 0.819. The maximum atomic E-state index is 13.1. The highest BCUT2D eigenvalue weighted by molar-refractivity contribution is 5.94. The number of hydrogen-bond acceptors (Lipinski definition) is 2. The Morgan fingerprint density at radius 2 is 2.06 bits per heavy atom. The van der Waals surface area contributed by atoms with Gasteiger partial charge in [-0.25, -0.2) is 8.78 Å². The molecule has 2 fully saturated rings. The summed E-state index contributed by atoms with van der Waals surface area (Å²) in [4.78, 5) is 13.7. The van der Waals surface area contributed by atoms with Crippen molar-refractivity contribution in [1.82, 2.24) is 10.2 Å². The standard InChI is InChI=1S/C13H14F2N2O/c14-10-2-1-9(5-11(10)15)12(18)17-7-13(8-17)3-4-16-6-13/h1-2,5,16H,3-4,6-8H2. The van der Waals surface area contributed by atoms with Gasteiger partial charge in [-0.15, -0.1) is 0 Å². The lowest BCUT2D eigenvalue weighted by Crippen LogP contribution is -2.59. The molecule has 1 amide bonds. The Labute approximate surface area is 104 Å². The first-order chi connectivity index (χ1) is 8.60. The van der Waals surface area contributed by atoms with Crippen LogP contribution in [0.4, 0.5) is 8.78 Å². The van der Waals surface area contributed by atoms with Crippen LogP contribution in [-0.2, 0) is 0 Å². The minimum atomic E-state index is -0.974. The fourth-order valence-corrected chi connectivity index (χ4v) is 2.78. The molecule has 0 bridgehead atoms. The molecule has 1 aromatic carbocycles. The number of halogens is 2. The van der Waals surface area contributed by atoms with Crippen LogP contribution in [0.15, 0.2) is 18.2 Å². The molecule has 1 aromatic rings. The maximum absolute atomic E-state index is 13.1. The fourth-order valence-electron chi connectivity index (χ4n) is 2.78. The number of benzene rings is 1. The van der Waals surface area contributed by atoms with E-state index in [0.717, 1.165) is 31.6 Å². The molecule has 96 valence electrons. The van der Waals surface area contributed by atoms with Gasteiger partial charge in [-0.2, -0.15) is 0 Å². The average molecular weight is 252 g/mol. The Morgan fingerprint density at radius 3 is 2.67 bits per heavy atom. The zero-order valence-electron chi connectivity index (χ0n) is 9.88. The first-order valence-electron chi connectivity index (χ1n) is 6.05. The Balaban J connectivity index is 1.70. The molecule has 0 unspecified atom stereocenters. The molecule has 3 rings (SSSR count). The molecular formula is C13H14F2N2O. The molecule has 2 aliphatic rings. The summed E-state index contributed by atoms with van der Waals surface area (Å²) in [5.41, 5.74) is 0.434. The summed E-state index contributed by atoms with van der Waals surface area (Å²) in [5, 5.41) is 3.28. The molecule has 0 atom stereocenters. The van der Waals surface area contributed by atoms with Gasteiger partial charge in [0.15, 0.2) is 11.6 Å². The lowest BCUT2D eigenvalue weighted by Gasteiger charge is -2.47. The summed E-state index contributed by atoms with van der Waals surface area (Å²) in [6.07, 6.45) is 1.08. The second-order valence-electron chi connectivity index (χ2n) is 5.22. The predicted octanol–water partition coefficient (Wildman–Crippen LogP) is 1.40. The third kappa shape index (κ3) is 1.79. The number of rotatable bonds is 1. The summed E-state index contributed by atoms with van der Waals surface area (Å²) in [7, 11) is 0. The molecule has 2 aliphatic heterocycles. The number of nitrogens with zero attached hydrogens (tertiary/aromatic N) is 1. The maximum Gasteiger partial charge on any atom is 0.254 e. The minimum absolute atomic E-state index is 0.216. The van der Waals surface area contributed by atoms with Crippen molar-refractivity contribution in [2.45, 2.75) is 6.42 Å². The first kappa shape index (κ1) is 11.6. The third-order valence-electron chi connectivity index (χ3n) is 3.84. The summed E-state index contributed by atoms with van der Waals surface area (Å²) in [5.74, 6) is -2.11. The lowest BCUT2D eigenvalue weighted by molar-refractivity contribution is 0.0159. The highest BCUT2D eigenvalue weighted by Crippen LogP contribution is 2.36. The van der Waals surface area contributed by atoms with Crippen LogP contribution < -0.4 is 5.32 Å². The van der Waals surface area contributed by atoms with Crippen molar-refractivity contribution in [3.05, 3.63) is 35.4 Å². The van der Waals surface area contributed by atoms with E-state index in [9.17, 15) is 13.6 Å². The zero-order chi connectivity index (χ0) is 12.8. The topological polar surface area (TPSA) is 32.3 Å². The second kappa shape index (κ2) is 4.02. The molecule has 1 spiro atoms. The van der Waals surface area contributed by atoms with Gasteiger partial charge in [-0.3, -0.25) is 4.79 Å².